The fourth-order valence-corrected chi connectivity index (χ4v) is 3.49. The van der Waals surface area contributed by atoms with Crippen LogP contribution < -0.4 is 0 Å². The van der Waals surface area contributed by atoms with Crippen molar-refractivity contribution in [3.63, 3.8) is 0 Å². The summed E-state index contributed by atoms with van der Waals surface area (Å²) in [6.45, 7) is 5.56. The number of benzene rings is 2. The second kappa shape index (κ2) is 11.2. The third-order valence-electron chi connectivity index (χ3n) is 4.68. The Balaban J connectivity index is 1.61. The predicted octanol–water partition coefficient (Wildman–Crippen LogP) is 4.04. The smallest absolute Gasteiger partial charge is 0.145 e. The standard InChI is InChI=1S/C23H26ClFN2O3/c1-2-10-29-16-21(28)14-27(13-17-4-3-5-20(25)11-17)15-22-12-23(26-30-22)18-6-8-19(24)9-7-18/h2-9,11,21-22,28H,1,10,12-16H2/t21-,22+/m1/s1. The molecule has 1 aliphatic heterocycles. The molecule has 0 unspecified atom stereocenters. The van der Waals surface area contributed by atoms with E-state index in [1.54, 1.807) is 12.1 Å². The fourth-order valence-electron chi connectivity index (χ4n) is 3.36. The van der Waals surface area contributed by atoms with Crippen molar-refractivity contribution in [2.75, 3.05) is 26.3 Å². The molecule has 0 spiro atoms. The van der Waals surface area contributed by atoms with Gasteiger partial charge < -0.3 is 14.7 Å². The van der Waals surface area contributed by atoms with Crippen LogP contribution in [0, 0.1) is 5.82 Å². The Bertz CT molecular complexity index is 860. The Labute approximate surface area is 181 Å². The van der Waals surface area contributed by atoms with Crippen LogP contribution in [0.3, 0.4) is 0 Å². The van der Waals surface area contributed by atoms with E-state index in [1.807, 2.05) is 35.2 Å². The van der Waals surface area contributed by atoms with Crippen molar-refractivity contribution in [3.8, 4) is 0 Å². The van der Waals surface area contributed by atoms with Crippen LogP contribution in [0.4, 0.5) is 4.39 Å². The van der Waals surface area contributed by atoms with E-state index in [1.165, 1.54) is 12.1 Å². The highest BCUT2D eigenvalue weighted by molar-refractivity contribution is 6.30. The molecule has 0 aromatic heterocycles. The first-order valence-corrected chi connectivity index (χ1v) is 10.2. The highest BCUT2D eigenvalue weighted by Crippen LogP contribution is 2.20. The van der Waals surface area contributed by atoms with Gasteiger partial charge >= 0.3 is 0 Å². The molecule has 2 aromatic carbocycles. The first-order valence-electron chi connectivity index (χ1n) is 9.85. The Morgan fingerprint density at radius 3 is 2.87 bits per heavy atom. The third-order valence-corrected chi connectivity index (χ3v) is 4.93. The lowest BCUT2D eigenvalue weighted by Crippen LogP contribution is -2.39. The lowest BCUT2D eigenvalue weighted by atomic mass is 10.0. The van der Waals surface area contributed by atoms with Crippen LogP contribution in [0.5, 0.6) is 0 Å². The van der Waals surface area contributed by atoms with Gasteiger partial charge in [0, 0.05) is 31.1 Å². The number of halogens is 2. The molecular weight excluding hydrogens is 407 g/mol. The number of ether oxygens (including phenoxy) is 1. The SMILES string of the molecule is C=CCOC[C@H](O)CN(Cc1cccc(F)c1)C[C@@H]1CC(c2ccc(Cl)cc2)=NO1. The molecule has 2 atom stereocenters. The Morgan fingerprint density at radius 1 is 1.33 bits per heavy atom. The van der Waals surface area contributed by atoms with Crippen LogP contribution in [0.25, 0.3) is 0 Å². The van der Waals surface area contributed by atoms with Gasteiger partial charge in [-0.15, -0.1) is 6.58 Å². The number of hydrogen-bond donors (Lipinski definition) is 1. The highest BCUT2D eigenvalue weighted by Gasteiger charge is 2.26. The minimum atomic E-state index is -0.684. The summed E-state index contributed by atoms with van der Waals surface area (Å²) in [7, 11) is 0. The summed E-state index contributed by atoms with van der Waals surface area (Å²) in [6, 6.07) is 13.9. The first-order chi connectivity index (χ1) is 14.5. The zero-order valence-corrected chi connectivity index (χ0v) is 17.5. The maximum atomic E-state index is 13.6. The zero-order valence-electron chi connectivity index (χ0n) is 16.7. The van der Waals surface area contributed by atoms with Gasteiger partial charge in [0.25, 0.3) is 0 Å². The summed E-state index contributed by atoms with van der Waals surface area (Å²) in [4.78, 5) is 7.66. The molecule has 30 heavy (non-hydrogen) atoms. The molecule has 1 aliphatic rings. The highest BCUT2D eigenvalue weighted by atomic mass is 35.5. The van der Waals surface area contributed by atoms with E-state index in [4.69, 9.17) is 21.2 Å². The molecule has 0 radical (unpaired) electrons. The average Bonchev–Trinajstić information content (AvgIpc) is 3.17. The van der Waals surface area contributed by atoms with E-state index in [2.05, 4.69) is 11.7 Å². The molecule has 1 heterocycles. The maximum Gasteiger partial charge on any atom is 0.145 e. The lowest BCUT2D eigenvalue weighted by molar-refractivity contribution is 0.00334. The van der Waals surface area contributed by atoms with Crippen molar-refractivity contribution >= 4 is 17.3 Å². The molecule has 3 rings (SSSR count). The van der Waals surface area contributed by atoms with Gasteiger partial charge in [-0.1, -0.05) is 47.1 Å². The Hall–Kier alpha value is -2.25. The number of oxime groups is 1. The van der Waals surface area contributed by atoms with Crippen molar-refractivity contribution in [1.29, 1.82) is 0 Å². The van der Waals surface area contributed by atoms with E-state index >= 15 is 0 Å². The van der Waals surface area contributed by atoms with E-state index < -0.39 is 6.10 Å². The van der Waals surface area contributed by atoms with E-state index in [0.29, 0.717) is 37.7 Å². The van der Waals surface area contributed by atoms with Crippen molar-refractivity contribution < 1.29 is 19.1 Å². The van der Waals surface area contributed by atoms with Gasteiger partial charge in [0.05, 0.1) is 25.0 Å². The molecule has 5 nitrogen and oxygen atoms in total. The molecule has 7 heteroatoms. The van der Waals surface area contributed by atoms with Gasteiger partial charge in [-0.25, -0.2) is 4.39 Å². The molecule has 160 valence electrons. The van der Waals surface area contributed by atoms with Crippen LogP contribution >= 0.6 is 11.6 Å². The van der Waals surface area contributed by atoms with Crippen molar-refractivity contribution in [3.05, 3.63) is 83.2 Å². The largest absolute Gasteiger partial charge is 0.390 e. The number of aliphatic hydroxyl groups excluding tert-OH is 1. The second-order valence-corrected chi connectivity index (χ2v) is 7.72. The summed E-state index contributed by atoms with van der Waals surface area (Å²) in [5.74, 6) is -0.284. The minimum absolute atomic E-state index is 0.162. The minimum Gasteiger partial charge on any atom is -0.390 e. The number of hydrogen-bond acceptors (Lipinski definition) is 5. The van der Waals surface area contributed by atoms with Crippen LogP contribution in [0.15, 0.2) is 66.3 Å². The molecule has 2 aromatic rings. The summed E-state index contributed by atoms with van der Waals surface area (Å²) < 4.78 is 19.0. The summed E-state index contributed by atoms with van der Waals surface area (Å²) >= 11 is 5.95. The number of nitrogens with zero attached hydrogens (tertiary/aromatic N) is 2. The number of aliphatic hydroxyl groups is 1. The van der Waals surface area contributed by atoms with Gasteiger partial charge in [0.1, 0.15) is 11.9 Å². The maximum absolute atomic E-state index is 13.6. The second-order valence-electron chi connectivity index (χ2n) is 7.28. The monoisotopic (exact) mass is 432 g/mol. The zero-order chi connectivity index (χ0) is 21.3. The molecule has 1 N–H and O–H groups in total. The third kappa shape index (κ3) is 6.92. The Kier molecular flexibility index (Phi) is 8.39. The van der Waals surface area contributed by atoms with Crippen LogP contribution in [-0.4, -0.2) is 54.2 Å². The van der Waals surface area contributed by atoms with Gasteiger partial charge in [0.2, 0.25) is 0 Å². The first kappa shape index (κ1) is 22.4. The van der Waals surface area contributed by atoms with Gasteiger partial charge in [-0.05, 0) is 35.4 Å². The molecular formula is C23H26ClFN2O3. The molecule has 0 amide bonds. The van der Waals surface area contributed by atoms with Crippen LogP contribution in [0.1, 0.15) is 17.5 Å². The van der Waals surface area contributed by atoms with Gasteiger partial charge in [-0.2, -0.15) is 0 Å². The summed E-state index contributed by atoms with van der Waals surface area (Å²) in [6.07, 6.45) is 1.44. The van der Waals surface area contributed by atoms with E-state index in [0.717, 1.165) is 16.8 Å². The summed E-state index contributed by atoms with van der Waals surface area (Å²) in [5, 5.41) is 15.2. The lowest BCUT2D eigenvalue weighted by Gasteiger charge is -2.27. The molecule has 0 saturated heterocycles. The van der Waals surface area contributed by atoms with E-state index in [9.17, 15) is 9.50 Å². The topological polar surface area (TPSA) is 54.3 Å². The van der Waals surface area contributed by atoms with E-state index in [-0.39, 0.29) is 18.5 Å². The van der Waals surface area contributed by atoms with Crippen LogP contribution in [0.2, 0.25) is 5.02 Å². The number of rotatable bonds is 11. The molecule has 0 bridgehead atoms. The fraction of sp³-hybridized carbons (Fsp3) is 0.348. The van der Waals surface area contributed by atoms with Gasteiger partial charge in [0.15, 0.2) is 0 Å². The quantitative estimate of drug-likeness (QED) is 0.430. The average molecular weight is 433 g/mol. The molecule has 0 aliphatic carbocycles. The molecule has 0 fully saturated rings. The van der Waals surface area contributed by atoms with Crippen molar-refractivity contribution in [1.82, 2.24) is 4.90 Å². The van der Waals surface area contributed by atoms with Crippen molar-refractivity contribution in [2.45, 2.75) is 25.2 Å². The van der Waals surface area contributed by atoms with Gasteiger partial charge in [-0.3, -0.25) is 4.90 Å². The predicted molar refractivity (Wildman–Crippen MR) is 116 cm³/mol. The summed E-state index contributed by atoms with van der Waals surface area (Å²) in [5.41, 5.74) is 2.65. The Morgan fingerprint density at radius 2 is 2.13 bits per heavy atom. The normalized spacial score (nSPS) is 16.9. The molecule has 0 saturated carbocycles. The van der Waals surface area contributed by atoms with Crippen LogP contribution in [-0.2, 0) is 16.1 Å². The van der Waals surface area contributed by atoms with Crippen molar-refractivity contribution in [2.24, 2.45) is 5.16 Å².